The van der Waals surface area contributed by atoms with Crippen molar-refractivity contribution in [2.24, 2.45) is 0 Å². The number of ether oxygens (including phenoxy) is 2. The molecule has 1 aliphatic heterocycles. The van der Waals surface area contributed by atoms with Crippen LogP contribution in [0.2, 0.25) is 0 Å². The Kier molecular flexibility index (Phi) is 4.20. The minimum atomic E-state index is -3.70. The highest BCUT2D eigenvalue weighted by molar-refractivity contribution is 7.89. The molecule has 0 saturated heterocycles. The number of H-pyrrole nitrogens is 2. The lowest BCUT2D eigenvalue weighted by atomic mass is 10.0. The van der Waals surface area contributed by atoms with Gasteiger partial charge in [-0.3, -0.25) is 0 Å². The normalized spacial score (nSPS) is 14.9. The largest absolute Gasteiger partial charge is 0.493 e. The van der Waals surface area contributed by atoms with Crippen molar-refractivity contribution in [3.8, 4) is 11.5 Å². The molecule has 0 saturated carbocycles. The number of methoxy groups -OCH3 is 2. The minimum Gasteiger partial charge on any atom is -0.493 e. The Labute approximate surface area is 155 Å². The summed E-state index contributed by atoms with van der Waals surface area (Å²) in [6, 6.07) is 8.29. The van der Waals surface area contributed by atoms with E-state index in [2.05, 4.69) is 9.97 Å². The Morgan fingerprint density at radius 3 is 2.33 bits per heavy atom. The predicted octanol–water partition coefficient (Wildman–Crippen LogP) is 1.62. The van der Waals surface area contributed by atoms with Crippen LogP contribution >= 0.6 is 0 Å². The first-order chi connectivity index (χ1) is 12.9. The average Bonchev–Trinajstić information content (AvgIpc) is 3.05. The van der Waals surface area contributed by atoms with Crippen LogP contribution in [0.3, 0.4) is 0 Å². The van der Waals surface area contributed by atoms with Gasteiger partial charge in [-0.25, -0.2) is 13.2 Å². The molecule has 3 aromatic rings. The molecule has 0 fully saturated rings. The molecule has 0 atom stereocenters. The van der Waals surface area contributed by atoms with Gasteiger partial charge in [-0.15, -0.1) is 0 Å². The van der Waals surface area contributed by atoms with E-state index in [0.717, 1.165) is 11.1 Å². The van der Waals surface area contributed by atoms with Gasteiger partial charge >= 0.3 is 5.69 Å². The Hall–Kier alpha value is -2.78. The lowest BCUT2D eigenvalue weighted by Crippen LogP contribution is -2.36. The van der Waals surface area contributed by atoms with E-state index >= 15 is 0 Å². The quantitative estimate of drug-likeness (QED) is 0.706. The molecular formula is C18H19N3O5S. The third-order valence-corrected chi connectivity index (χ3v) is 6.65. The molecular weight excluding hydrogens is 370 g/mol. The van der Waals surface area contributed by atoms with Crippen LogP contribution in [0.1, 0.15) is 11.1 Å². The lowest BCUT2D eigenvalue weighted by molar-refractivity contribution is 0.348. The maximum atomic E-state index is 13.1. The molecule has 1 aromatic heterocycles. The molecule has 0 amide bonds. The number of rotatable bonds is 4. The summed E-state index contributed by atoms with van der Waals surface area (Å²) in [7, 11) is -0.572. The number of fused-ring (bicyclic) bond motifs is 2. The maximum Gasteiger partial charge on any atom is 0.323 e. The van der Waals surface area contributed by atoms with Gasteiger partial charge in [-0.1, -0.05) is 0 Å². The smallest absolute Gasteiger partial charge is 0.323 e. The Morgan fingerprint density at radius 1 is 0.963 bits per heavy atom. The van der Waals surface area contributed by atoms with Gasteiger partial charge in [0.1, 0.15) is 0 Å². The molecule has 0 bridgehead atoms. The summed E-state index contributed by atoms with van der Waals surface area (Å²) in [5.41, 5.74) is 2.60. The molecule has 142 valence electrons. The fourth-order valence-electron chi connectivity index (χ4n) is 3.38. The molecule has 1 aliphatic rings. The second-order valence-corrected chi connectivity index (χ2v) is 8.29. The zero-order chi connectivity index (χ0) is 19.2. The SMILES string of the molecule is COc1cc2c(cc1OC)CN(S(=O)(=O)c1ccc3[nH]c(=O)[nH]c3c1)CC2. The van der Waals surface area contributed by atoms with Crippen molar-refractivity contribution in [1.29, 1.82) is 0 Å². The summed E-state index contributed by atoms with van der Waals surface area (Å²) in [5, 5.41) is 0. The number of nitrogens with zero attached hydrogens (tertiary/aromatic N) is 1. The summed E-state index contributed by atoms with van der Waals surface area (Å²) >= 11 is 0. The molecule has 0 radical (unpaired) electrons. The summed E-state index contributed by atoms with van der Waals surface area (Å²) in [6.07, 6.45) is 0.581. The summed E-state index contributed by atoms with van der Waals surface area (Å²) in [4.78, 5) is 16.8. The van der Waals surface area contributed by atoms with Crippen molar-refractivity contribution < 1.29 is 17.9 Å². The summed E-state index contributed by atoms with van der Waals surface area (Å²) in [5.74, 6) is 1.20. The molecule has 4 rings (SSSR count). The minimum absolute atomic E-state index is 0.147. The van der Waals surface area contributed by atoms with Gasteiger partial charge in [-0.05, 0) is 47.9 Å². The van der Waals surface area contributed by atoms with E-state index in [1.807, 2.05) is 12.1 Å². The highest BCUT2D eigenvalue weighted by Crippen LogP contribution is 2.34. The number of sulfonamides is 1. The first kappa shape index (κ1) is 17.6. The van der Waals surface area contributed by atoms with Gasteiger partial charge in [-0.2, -0.15) is 4.31 Å². The zero-order valence-electron chi connectivity index (χ0n) is 14.9. The first-order valence-electron chi connectivity index (χ1n) is 8.38. The third kappa shape index (κ3) is 2.98. The topological polar surface area (TPSA) is 104 Å². The molecule has 2 heterocycles. The van der Waals surface area contributed by atoms with Crippen LogP contribution in [-0.2, 0) is 23.0 Å². The van der Waals surface area contributed by atoms with Gasteiger partial charge in [0.25, 0.3) is 0 Å². The molecule has 27 heavy (non-hydrogen) atoms. The number of benzene rings is 2. The van der Waals surface area contributed by atoms with E-state index in [9.17, 15) is 13.2 Å². The molecule has 9 heteroatoms. The number of hydrogen-bond acceptors (Lipinski definition) is 5. The van der Waals surface area contributed by atoms with E-state index in [1.165, 1.54) is 16.4 Å². The molecule has 0 unspecified atom stereocenters. The molecule has 2 aromatic carbocycles. The Morgan fingerprint density at radius 2 is 1.63 bits per heavy atom. The first-order valence-corrected chi connectivity index (χ1v) is 9.82. The van der Waals surface area contributed by atoms with E-state index in [1.54, 1.807) is 20.3 Å². The van der Waals surface area contributed by atoms with E-state index in [0.29, 0.717) is 35.5 Å². The second kappa shape index (κ2) is 6.43. The number of imidazole rings is 1. The predicted molar refractivity (Wildman–Crippen MR) is 99.8 cm³/mol. The van der Waals surface area contributed by atoms with Crippen molar-refractivity contribution in [3.63, 3.8) is 0 Å². The highest BCUT2D eigenvalue weighted by atomic mass is 32.2. The lowest BCUT2D eigenvalue weighted by Gasteiger charge is -2.29. The second-order valence-electron chi connectivity index (χ2n) is 6.35. The highest BCUT2D eigenvalue weighted by Gasteiger charge is 2.29. The van der Waals surface area contributed by atoms with Gasteiger partial charge in [0, 0.05) is 13.1 Å². The number of nitrogens with one attached hydrogen (secondary N) is 2. The number of aromatic amines is 2. The molecule has 8 nitrogen and oxygen atoms in total. The van der Waals surface area contributed by atoms with Crippen LogP contribution in [-0.4, -0.2) is 43.5 Å². The third-order valence-electron chi connectivity index (χ3n) is 4.81. The van der Waals surface area contributed by atoms with Gasteiger partial charge in [0.2, 0.25) is 10.0 Å². The van der Waals surface area contributed by atoms with Crippen LogP contribution in [0.15, 0.2) is 40.0 Å². The van der Waals surface area contributed by atoms with Crippen LogP contribution in [0.4, 0.5) is 0 Å². The fourth-order valence-corrected chi connectivity index (χ4v) is 4.83. The van der Waals surface area contributed by atoms with Gasteiger partial charge in [0.15, 0.2) is 11.5 Å². The van der Waals surface area contributed by atoms with E-state index in [-0.39, 0.29) is 17.1 Å². The number of hydrogen-bond donors (Lipinski definition) is 2. The van der Waals surface area contributed by atoms with Gasteiger partial charge in [0.05, 0.1) is 30.1 Å². The van der Waals surface area contributed by atoms with Crippen molar-refractivity contribution in [2.75, 3.05) is 20.8 Å². The maximum absolute atomic E-state index is 13.1. The standard InChI is InChI=1S/C18H19N3O5S/c1-25-16-7-11-5-6-21(10-12(11)8-17(16)26-2)27(23,24)13-3-4-14-15(9-13)20-18(22)19-14/h3-4,7-9H,5-6,10H2,1-2H3,(H2,19,20,22). The van der Waals surface area contributed by atoms with E-state index < -0.39 is 10.0 Å². The Balaban J connectivity index is 1.69. The van der Waals surface area contributed by atoms with Crippen molar-refractivity contribution >= 4 is 21.1 Å². The Bertz CT molecular complexity index is 1180. The van der Waals surface area contributed by atoms with Crippen molar-refractivity contribution in [2.45, 2.75) is 17.9 Å². The molecule has 2 N–H and O–H groups in total. The summed E-state index contributed by atoms with van der Waals surface area (Å²) in [6.45, 7) is 0.617. The van der Waals surface area contributed by atoms with Crippen LogP contribution in [0.25, 0.3) is 11.0 Å². The average molecular weight is 389 g/mol. The van der Waals surface area contributed by atoms with E-state index in [4.69, 9.17) is 9.47 Å². The molecule has 0 aliphatic carbocycles. The fraction of sp³-hybridized carbons (Fsp3) is 0.278. The van der Waals surface area contributed by atoms with Crippen molar-refractivity contribution in [3.05, 3.63) is 51.9 Å². The van der Waals surface area contributed by atoms with Crippen LogP contribution < -0.4 is 15.2 Å². The zero-order valence-corrected chi connectivity index (χ0v) is 15.7. The monoisotopic (exact) mass is 389 g/mol. The van der Waals surface area contributed by atoms with Crippen LogP contribution in [0, 0.1) is 0 Å². The van der Waals surface area contributed by atoms with Crippen molar-refractivity contribution in [1.82, 2.24) is 14.3 Å². The summed E-state index contributed by atoms with van der Waals surface area (Å²) < 4.78 is 38.3. The van der Waals surface area contributed by atoms with Gasteiger partial charge < -0.3 is 19.4 Å². The van der Waals surface area contributed by atoms with Crippen LogP contribution in [0.5, 0.6) is 11.5 Å². The molecule has 0 spiro atoms. The number of aromatic nitrogens is 2.